The Morgan fingerprint density at radius 2 is 2.38 bits per heavy atom. The second kappa shape index (κ2) is 1.67. The molecular weight excluding hydrogens is 102 g/mol. The highest BCUT2D eigenvalue weighted by atomic mass is 15.5. The largest absolute Gasteiger partial charge is 0.385 e. The Kier molecular flexibility index (Phi) is 1.13. The molecule has 3 N–H and O–H groups in total. The number of hydrazine groups is 1. The first-order valence-electron chi connectivity index (χ1n) is 2.51. The molecule has 0 aromatic carbocycles. The van der Waals surface area contributed by atoms with Gasteiger partial charge in [-0.3, -0.25) is 5.01 Å². The van der Waals surface area contributed by atoms with Gasteiger partial charge in [-0.25, -0.2) is 5.43 Å². The molecule has 1 aliphatic rings. The second-order valence-corrected chi connectivity index (χ2v) is 1.92. The Morgan fingerprint density at radius 3 is 2.50 bits per heavy atom. The number of nitrogens with one attached hydrogen (secondary N) is 1. The van der Waals surface area contributed by atoms with Gasteiger partial charge < -0.3 is 5.73 Å². The van der Waals surface area contributed by atoms with Crippen molar-refractivity contribution in [3.05, 3.63) is 17.9 Å². The Bertz CT molecular complexity index is 119. The van der Waals surface area contributed by atoms with Crippen molar-refractivity contribution in [2.45, 2.75) is 6.92 Å². The number of hydrogen-bond acceptors (Lipinski definition) is 3. The van der Waals surface area contributed by atoms with Gasteiger partial charge in [0.2, 0.25) is 0 Å². The van der Waals surface area contributed by atoms with Crippen LogP contribution in [0.15, 0.2) is 11.9 Å². The zero-order valence-corrected chi connectivity index (χ0v) is 5.10. The van der Waals surface area contributed by atoms with Gasteiger partial charge in [-0.1, -0.05) is 0 Å². The van der Waals surface area contributed by atoms with Gasteiger partial charge in [0.05, 0.1) is 6.04 Å². The quantitative estimate of drug-likeness (QED) is 0.455. The molecule has 3 nitrogen and oxygen atoms in total. The lowest BCUT2D eigenvalue weighted by atomic mass is 10.4. The van der Waals surface area contributed by atoms with Crippen molar-refractivity contribution < 1.29 is 0 Å². The predicted molar refractivity (Wildman–Crippen MR) is 32.1 cm³/mol. The fourth-order valence-electron chi connectivity index (χ4n) is 0.680. The van der Waals surface area contributed by atoms with Crippen molar-refractivity contribution in [2.24, 2.45) is 5.73 Å². The van der Waals surface area contributed by atoms with E-state index >= 15 is 0 Å². The summed E-state index contributed by atoms with van der Waals surface area (Å²) in [5.74, 6) is 0.766. The smallest absolute Gasteiger partial charge is 0.111 e. The molecule has 0 spiro atoms. The van der Waals surface area contributed by atoms with Gasteiger partial charge in [-0.15, -0.1) is 0 Å². The van der Waals surface area contributed by atoms with Crippen LogP contribution in [-0.2, 0) is 0 Å². The van der Waals surface area contributed by atoms with Gasteiger partial charge in [-0.2, -0.15) is 0 Å². The van der Waals surface area contributed by atoms with Crippen LogP contribution in [0.2, 0.25) is 0 Å². The van der Waals surface area contributed by atoms with Crippen molar-refractivity contribution >= 4 is 0 Å². The van der Waals surface area contributed by atoms with Crippen molar-refractivity contribution in [1.82, 2.24) is 10.4 Å². The molecule has 0 aromatic rings. The molecule has 0 aliphatic carbocycles. The highest BCUT2D eigenvalue weighted by Gasteiger charge is 2.12. The monoisotopic (exact) mass is 112 g/mol. The number of rotatable bonds is 0. The van der Waals surface area contributed by atoms with E-state index in [9.17, 15) is 0 Å². The molecule has 0 amide bonds. The van der Waals surface area contributed by atoms with Gasteiger partial charge in [0.25, 0.3) is 0 Å². The minimum atomic E-state index is 0.766. The third kappa shape index (κ3) is 0.767. The molecule has 3 heteroatoms. The Labute approximate surface area is 49.1 Å². The summed E-state index contributed by atoms with van der Waals surface area (Å²) in [7, 11) is 1.88. The summed E-state index contributed by atoms with van der Waals surface area (Å²) < 4.78 is 0. The molecular formula is C5H10N3. The Balaban J connectivity index is 2.59. The molecule has 0 fully saturated rings. The van der Waals surface area contributed by atoms with Gasteiger partial charge >= 0.3 is 0 Å². The maximum atomic E-state index is 5.47. The van der Waals surface area contributed by atoms with Crippen LogP contribution in [0, 0.1) is 6.04 Å². The standard InChI is InChI=1S/C5H10N3/c1-4-3-5(6)8(2)7-4/h3,7H,6H2,1-2H3. The third-order valence-corrected chi connectivity index (χ3v) is 1.10. The van der Waals surface area contributed by atoms with Crippen LogP contribution >= 0.6 is 0 Å². The van der Waals surface area contributed by atoms with Crippen molar-refractivity contribution in [3.8, 4) is 0 Å². The van der Waals surface area contributed by atoms with Crippen LogP contribution in [-0.4, -0.2) is 12.1 Å². The normalized spacial score (nSPS) is 21.8. The topological polar surface area (TPSA) is 41.3 Å². The first-order chi connectivity index (χ1) is 3.70. The summed E-state index contributed by atoms with van der Waals surface area (Å²) in [6, 6.07) is 1.09. The number of nitrogens with two attached hydrogens (primary N) is 1. The van der Waals surface area contributed by atoms with Gasteiger partial charge in [-0.05, 0) is 13.0 Å². The Morgan fingerprint density at radius 1 is 1.75 bits per heavy atom. The average Bonchev–Trinajstić information content (AvgIpc) is 1.85. The molecule has 45 valence electrons. The van der Waals surface area contributed by atoms with Crippen molar-refractivity contribution in [1.29, 1.82) is 0 Å². The molecule has 1 heterocycles. The molecule has 1 rings (SSSR count). The molecule has 0 saturated carbocycles. The SMILES string of the molecule is C[C]1C=C(N)N(C)N1. The summed E-state index contributed by atoms with van der Waals surface area (Å²) in [5.41, 5.74) is 8.47. The van der Waals surface area contributed by atoms with Crippen LogP contribution in [0.25, 0.3) is 0 Å². The van der Waals surface area contributed by atoms with Crippen LogP contribution in [0.4, 0.5) is 0 Å². The average molecular weight is 112 g/mol. The zero-order chi connectivity index (χ0) is 6.15. The summed E-state index contributed by atoms with van der Waals surface area (Å²) in [6.45, 7) is 1.97. The van der Waals surface area contributed by atoms with E-state index in [0.717, 1.165) is 11.9 Å². The van der Waals surface area contributed by atoms with E-state index in [-0.39, 0.29) is 0 Å². The lowest BCUT2D eigenvalue weighted by Crippen LogP contribution is -2.31. The van der Waals surface area contributed by atoms with E-state index in [1.165, 1.54) is 0 Å². The van der Waals surface area contributed by atoms with E-state index in [0.29, 0.717) is 0 Å². The molecule has 0 bridgehead atoms. The van der Waals surface area contributed by atoms with Crippen molar-refractivity contribution in [2.75, 3.05) is 7.05 Å². The second-order valence-electron chi connectivity index (χ2n) is 1.92. The summed E-state index contributed by atoms with van der Waals surface area (Å²) >= 11 is 0. The van der Waals surface area contributed by atoms with Crippen LogP contribution in [0.3, 0.4) is 0 Å². The lowest BCUT2D eigenvalue weighted by molar-refractivity contribution is 0.343. The fourth-order valence-corrected chi connectivity index (χ4v) is 0.680. The maximum absolute atomic E-state index is 5.47. The molecule has 1 aliphatic heterocycles. The Hall–Kier alpha value is -0.700. The summed E-state index contributed by atoms with van der Waals surface area (Å²) in [4.78, 5) is 0. The zero-order valence-electron chi connectivity index (χ0n) is 5.10. The molecule has 1 radical (unpaired) electrons. The van der Waals surface area contributed by atoms with Gasteiger partial charge in [0.1, 0.15) is 5.82 Å². The molecule has 0 saturated heterocycles. The van der Waals surface area contributed by atoms with Crippen molar-refractivity contribution in [3.63, 3.8) is 0 Å². The van der Waals surface area contributed by atoms with E-state index in [4.69, 9.17) is 5.73 Å². The first kappa shape index (κ1) is 5.44. The highest BCUT2D eigenvalue weighted by molar-refractivity contribution is 5.15. The minimum Gasteiger partial charge on any atom is -0.385 e. The molecule has 0 aromatic heterocycles. The van der Waals surface area contributed by atoms with E-state index in [2.05, 4.69) is 5.43 Å². The first-order valence-corrected chi connectivity index (χ1v) is 2.51. The molecule has 8 heavy (non-hydrogen) atoms. The van der Waals surface area contributed by atoms with Gasteiger partial charge in [0.15, 0.2) is 0 Å². The fraction of sp³-hybridized carbons (Fsp3) is 0.400. The number of hydrogen-bond donors (Lipinski definition) is 2. The van der Waals surface area contributed by atoms with Crippen LogP contribution < -0.4 is 11.2 Å². The summed E-state index contributed by atoms with van der Waals surface area (Å²) in [6.07, 6.45) is 1.89. The van der Waals surface area contributed by atoms with E-state index in [1.807, 2.05) is 20.0 Å². The predicted octanol–water partition coefficient (Wildman–Crippen LogP) is -0.212. The molecule has 0 unspecified atom stereocenters. The minimum absolute atomic E-state index is 0.766. The van der Waals surface area contributed by atoms with Crippen LogP contribution in [0.5, 0.6) is 0 Å². The lowest BCUT2D eigenvalue weighted by Gasteiger charge is -2.12. The molecule has 0 atom stereocenters. The number of nitrogens with zero attached hydrogens (tertiary/aromatic N) is 1. The van der Waals surface area contributed by atoms with E-state index < -0.39 is 0 Å². The third-order valence-electron chi connectivity index (χ3n) is 1.10. The highest BCUT2D eigenvalue weighted by Crippen LogP contribution is 2.07. The van der Waals surface area contributed by atoms with Crippen LogP contribution in [0.1, 0.15) is 6.92 Å². The summed E-state index contributed by atoms with van der Waals surface area (Å²) in [5, 5.41) is 1.77. The maximum Gasteiger partial charge on any atom is 0.111 e. The van der Waals surface area contributed by atoms with Gasteiger partial charge in [0, 0.05) is 7.05 Å². The van der Waals surface area contributed by atoms with E-state index in [1.54, 1.807) is 5.01 Å².